The van der Waals surface area contributed by atoms with Gasteiger partial charge in [0.2, 0.25) is 0 Å². The van der Waals surface area contributed by atoms with E-state index in [1.165, 1.54) is 31.4 Å². The Morgan fingerprint density at radius 1 is 0.791 bits per heavy atom. The first kappa shape index (κ1) is 32.5. The van der Waals surface area contributed by atoms with Crippen LogP contribution in [0.2, 0.25) is 5.02 Å². The van der Waals surface area contributed by atoms with E-state index in [0.717, 1.165) is 63.5 Å². The summed E-state index contributed by atoms with van der Waals surface area (Å²) in [7, 11) is 0. The highest BCUT2D eigenvalue weighted by molar-refractivity contribution is 6.30. The van der Waals surface area contributed by atoms with Gasteiger partial charge in [-0.05, 0) is 87.3 Å². The smallest absolute Gasteiger partial charge is 0.400 e. The van der Waals surface area contributed by atoms with E-state index in [1.807, 2.05) is 0 Å². The van der Waals surface area contributed by atoms with Gasteiger partial charge in [0.1, 0.15) is 23.2 Å². The van der Waals surface area contributed by atoms with Gasteiger partial charge in [-0.3, -0.25) is 0 Å². The van der Waals surface area contributed by atoms with Crippen LogP contribution < -0.4 is 4.74 Å². The first-order valence-corrected chi connectivity index (χ1v) is 16.3. The molecule has 3 fully saturated rings. The van der Waals surface area contributed by atoms with Gasteiger partial charge in [0.05, 0.1) is 29.7 Å². The number of hydrogen-bond donors (Lipinski definition) is 0. The quantitative estimate of drug-likeness (QED) is 0.193. The molecule has 0 aromatic heterocycles. The highest BCUT2D eigenvalue weighted by Gasteiger charge is 2.45. The Kier molecular flexibility index (Phi) is 10.9. The van der Waals surface area contributed by atoms with Crippen LogP contribution >= 0.6 is 11.6 Å². The molecule has 1 aliphatic heterocycles. The van der Waals surface area contributed by atoms with E-state index in [0.29, 0.717) is 49.4 Å². The molecular weight excluding hydrogens is 587 g/mol. The lowest BCUT2D eigenvalue weighted by Crippen LogP contribution is -2.40. The van der Waals surface area contributed by atoms with E-state index >= 15 is 8.78 Å². The maximum Gasteiger partial charge on any atom is 0.400 e. The highest BCUT2D eigenvalue weighted by Crippen LogP contribution is 2.46. The minimum atomic E-state index is -3.57. The van der Waals surface area contributed by atoms with Gasteiger partial charge < -0.3 is 14.2 Å². The van der Waals surface area contributed by atoms with Crippen molar-refractivity contribution >= 4 is 11.6 Å². The molecule has 9 heteroatoms. The first-order chi connectivity index (χ1) is 20.6. The minimum Gasteiger partial charge on any atom is -0.432 e. The van der Waals surface area contributed by atoms with Gasteiger partial charge in [-0.2, -0.15) is 8.78 Å². The summed E-state index contributed by atoms with van der Waals surface area (Å²) < 4.78 is 90.8. The van der Waals surface area contributed by atoms with Crippen molar-refractivity contribution in [2.75, 3.05) is 13.2 Å². The lowest BCUT2D eigenvalue weighted by atomic mass is 9.69. The van der Waals surface area contributed by atoms with Crippen molar-refractivity contribution in [2.45, 2.75) is 96.4 Å². The summed E-state index contributed by atoms with van der Waals surface area (Å²) in [5.74, 6) is -2.94. The summed E-state index contributed by atoms with van der Waals surface area (Å²) in [5, 5.41) is -0.193. The van der Waals surface area contributed by atoms with Crippen LogP contribution in [-0.2, 0) is 9.47 Å². The normalized spacial score (nSPS) is 28.5. The number of alkyl halides is 2. The molecule has 1 saturated heterocycles. The Balaban J connectivity index is 1.08. The molecule has 1 heterocycles. The minimum absolute atomic E-state index is 0.0900. The van der Waals surface area contributed by atoms with Crippen molar-refractivity contribution < 1.29 is 36.2 Å². The molecule has 0 amide bonds. The van der Waals surface area contributed by atoms with Crippen LogP contribution in [-0.4, -0.2) is 25.6 Å². The summed E-state index contributed by atoms with van der Waals surface area (Å²) >= 11 is 5.65. The number of unbranched alkanes of at least 4 members (excludes halogenated alkanes) is 2. The van der Waals surface area contributed by atoms with E-state index in [2.05, 4.69) is 6.92 Å². The number of hydrogen-bond acceptors (Lipinski definition) is 3. The second-order valence-corrected chi connectivity index (χ2v) is 13.1. The molecule has 238 valence electrons. The molecule has 5 rings (SSSR count). The summed E-state index contributed by atoms with van der Waals surface area (Å²) in [5.41, 5.74) is -0.623. The lowest BCUT2D eigenvalue weighted by molar-refractivity contribution is -0.232. The van der Waals surface area contributed by atoms with Crippen LogP contribution in [0.1, 0.15) is 84.0 Å². The standard InChI is InChI=1S/C34H42ClF5O3/c1-2-3-4-5-21-19-41-33(42-20-21)24-8-6-22(7-9-24)23-10-13-26(14-11-23)34(39,40)43-27-17-30(37)32(31(38)18-27)25-12-15-28(35)29(36)16-25/h12,15-18,21-24,26,33H,2-11,13-14,19-20H2,1H3. The second kappa shape index (κ2) is 14.5. The molecular formula is C34H42ClF5O3. The predicted molar refractivity (Wildman–Crippen MR) is 157 cm³/mol. The maximum atomic E-state index is 15.2. The third-order valence-electron chi connectivity index (χ3n) is 9.80. The molecule has 0 N–H and O–H groups in total. The first-order valence-electron chi connectivity index (χ1n) is 15.9. The third kappa shape index (κ3) is 8.04. The predicted octanol–water partition coefficient (Wildman–Crippen LogP) is 10.6. The van der Waals surface area contributed by atoms with Crippen LogP contribution in [0.3, 0.4) is 0 Å². The fourth-order valence-electron chi connectivity index (χ4n) is 7.27. The average molecular weight is 629 g/mol. The van der Waals surface area contributed by atoms with Gasteiger partial charge in [-0.25, -0.2) is 13.2 Å². The van der Waals surface area contributed by atoms with E-state index in [9.17, 15) is 13.2 Å². The molecule has 0 radical (unpaired) electrons. The van der Waals surface area contributed by atoms with Crippen LogP contribution in [0.5, 0.6) is 5.75 Å². The molecule has 0 bridgehead atoms. The molecule has 3 nitrogen and oxygen atoms in total. The summed E-state index contributed by atoms with van der Waals surface area (Å²) in [6.45, 7) is 3.76. The molecule has 2 aromatic rings. The Bertz CT molecular complexity index is 1180. The van der Waals surface area contributed by atoms with Gasteiger partial charge in [-0.15, -0.1) is 0 Å². The summed E-state index contributed by atoms with van der Waals surface area (Å²) in [6, 6.07) is 4.76. The zero-order valence-electron chi connectivity index (χ0n) is 24.7. The molecule has 0 atom stereocenters. The Morgan fingerprint density at radius 2 is 1.37 bits per heavy atom. The zero-order chi connectivity index (χ0) is 30.6. The molecule has 0 unspecified atom stereocenters. The third-order valence-corrected chi connectivity index (χ3v) is 10.1. The number of halogens is 6. The van der Waals surface area contributed by atoms with Gasteiger partial charge in [0.25, 0.3) is 0 Å². The number of benzene rings is 2. The number of rotatable bonds is 10. The van der Waals surface area contributed by atoms with E-state index in [-0.39, 0.29) is 16.9 Å². The number of ether oxygens (including phenoxy) is 3. The maximum absolute atomic E-state index is 15.2. The van der Waals surface area contributed by atoms with Gasteiger partial charge in [0.15, 0.2) is 6.29 Å². The topological polar surface area (TPSA) is 27.7 Å². The second-order valence-electron chi connectivity index (χ2n) is 12.7. The SMILES string of the molecule is CCCCCC1COC(C2CCC(C3CCC(C(F)(F)Oc4cc(F)c(-c5ccc(Cl)c(F)c5)c(F)c4)CC3)CC2)OC1. The molecule has 2 aromatic carbocycles. The molecule has 0 spiro atoms. The van der Waals surface area contributed by atoms with Crippen molar-refractivity contribution in [3.8, 4) is 16.9 Å². The van der Waals surface area contributed by atoms with Crippen molar-refractivity contribution in [3.05, 3.63) is 52.8 Å². The van der Waals surface area contributed by atoms with Crippen molar-refractivity contribution in [1.29, 1.82) is 0 Å². The van der Waals surface area contributed by atoms with Crippen molar-refractivity contribution in [3.63, 3.8) is 0 Å². The zero-order valence-corrected chi connectivity index (χ0v) is 25.5. The highest BCUT2D eigenvalue weighted by atomic mass is 35.5. The van der Waals surface area contributed by atoms with E-state index < -0.39 is 40.8 Å². The monoisotopic (exact) mass is 628 g/mol. The molecule has 2 aliphatic carbocycles. The van der Waals surface area contributed by atoms with Crippen LogP contribution in [0.15, 0.2) is 30.3 Å². The Hall–Kier alpha value is -1.90. The van der Waals surface area contributed by atoms with Crippen LogP contribution in [0, 0.1) is 47.0 Å². The van der Waals surface area contributed by atoms with Crippen LogP contribution in [0.25, 0.3) is 11.1 Å². The van der Waals surface area contributed by atoms with E-state index in [4.69, 9.17) is 25.8 Å². The fourth-order valence-corrected chi connectivity index (χ4v) is 7.39. The lowest BCUT2D eigenvalue weighted by Gasteiger charge is -2.41. The van der Waals surface area contributed by atoms with Gasteiger partial charge in [-0.1, -0.05) is 43.9 Å². The van der Waals surface area contributed by atoms with Crippen LogP contribution in [0.4, 0.5) is 22.0 Å². The molecule has 43 heavy (non-hydrogen) atoms. The van der Waals surface area contributed by atoms with Gasteiger partial charge >= 0.3 is 6.11 Å². The fraction of sp³-hybridized carbons (Fsp3) is 0.647. The summed E-state index contributed by atoms with van der Waals surface area (Å²) in [4.78, 5) is 0. The van der Waals surface area contributed by atoms with E-state index in [1.54, 1.807) is 0 Å². The largest absolute Gasteiger partial charge is 0.432 e. The average Bonchev–Trinajstić information content (AvgIpc) is 2.99. The van der Waals surface area contributed by atoms with Crippen molar-refractivity contribution in [1.82, 2.24) is 0 Å². The summed E-state index contributed by atoms with van der Waals surface area (Å²) in [6.07, 6.45) is 7.27. The Labute approximate surface area is 256 Å². The van der Waals surface area contributed by atoms with Crippen molar-refractivity contribution in [2.24, 2.45) is 29.6 Å². The Morgan fingerprint density at radius 3 is 1.95 bits per heavy atom. The van der Waals surface area contributed by atoms with Gasteiger partial charge in [0, 0.05) is 24.0 Å². The molecule has 2 saturated carbocycles. The molecule has 3 aliphatic rings.